The van der Waals surface area contributed by atoms with Crippen molar-refractivity contribution in [3.05, 3.63) is 52.2 Å². The van der Waals surface area contributed by atoms with Gasteiger partial charge in [0, 0.05) is 22.9 Å². The molecule has 0 aliphatic rings. The highest BCUT2D eigenvalue weighted by atomic mass is 32.1. The van der Waals surface area contributed by atoms with Crippen LogP contribution in [0.1, 0.15) is 15.2 Å². The van der Waals surface area contributed by atoms with Crippen molar-refractivity contribution in [2.24, 2.45) is 0 Å². The maximum Gasteiger partial charge on any atom is 0.252 e. The van der Waals surface area contributed by atoms with E-state index < -0.39 is 0 Å². The Kier molecular flexibility index (Phi) is 5.83. The zero-order chi connectivity index (χ0) is 15.1. The Labute approximate surface area is 133 Å². The number of benzene rings is 1. The fourth-order valence-electron chi connectivity index (χ4n) is 1.77. The summed E-state index contributed by atoms with van der Waals surface area (Å²) in [6.45, 7) is 0.793. The van der Waals surface area contributed by atoms with Crippen LogP contribution in [0.3, 0.4) is 0 Å². The summed E-state index contributed by atoms with van der Waals surface area (Å²) < 4.78 is 0. The summed E-state index contributed by atoms with van der Waals surface area (Å²) in [5.74, 6) is -0.227. The van der Waals surface area contributed by atoms with Gasteiger partial charge in [0.05, 0.1) is 12.0 Å². The molecule has 2 amide bonds. The van der Waals surface area contributed by atoms with Gasteiger partial charge in [0.15, 0.2) is 0 Å². The zero-order valence-corrected chi connectivity index (χ0v) is 13.0. The molecule has 0 spiro atoms. The summed E-state index contributed by atoms with van der Waals surface area (Å²) in [4.78, 5) is 25.2. The van der Waals surface area contributed by atoms with E-state index in [0.29, 0.717) is 30.0 Å². The average Bonchev–Trinajstić information content (AvgIpc) is 2.96. The summed E-state index contributed by atoms with van der Waals surface area (Å²) >= 11 is 5.79. The van der Waals surface area contributed by atoms with E-state index in [-0.39, 0.29) is 11.8 Å². The summed E-state index contributed by atoms with van der Waals surface area (Å²) in [5.41, 5.74) is 0.533. The number of amides is 2. The first-order valence-electron chi connectivity index (χ1n) is 6.52. The highest BCUT2D eigenvalue weighted by molar-refractivity contribution is 7.80. The number of nitrogens with one attached hydrogen (secondary N) is 2. The molecule has 0 aliphatic carbocycles. The quantitative estimate of drug-likeness (QED) is 0.564. The van der Waals surface area contributed by atoms with E-state index in [1.807, 2.05) is 23.6 Å². The van der Waals surface area contributed by atoms with E-state index >= 15 is 0 Å². The molecule has 110 valence electrons. The van der Waals surface area contributed by atoms with Crippen LogP contribution < -0.4 is 10.6 Å². The van der Waals surface area contributed by atoms with Gasteiger partial charge < -0.3 is 10.6 Å². The number of carbonyl (C=O) groups excluding carboxylic acids is 2. The number of hydrogen-bond donors (Lipinski definition) is 3. The fourth-order valence-corrected chi connectivity index (χ4v) is 2.74. The van der Waals surface area contributed by atoms with Gasteiger partial charge in [0.1, 0.15) is 0 Å². The van der Waals surface area contributed by atoms with Crippen LogP contribution >= 0.6 is 24.0 Å². The maximum absolute atomic E-state index is 11.9. The normalized spacial score (nSPS) is 10.1. The van der Waals surface area contributed by atoms with Crippen LogP contribution in [-0.2, 0) is 11.2 Å². The number of carbonyl (C=O) groups is 2. The van der Waals surface area contributed by atoms with E-state index in [9.17, 15) is 9.59 Å². The number of thiol groups is 1. The molecule has 0 saturated heterocycles. The molecule has 0 fully saturated rings. The van der Waals surface area contributed by atoms with Gasteiger partial charge in [-0.05, 0) is 23.6 Å². The average molecular weight is 320 g/mol. The maximum atomic E-state index is 11.9. The second kappa shape index (κ2) is 7.85. The van der Waals surface area contributed by atoms with Crippen molar-refractivity contribution < 1.29 is 9.59 Å². The van der Waals surface area contributed by atoms with Crippen LogP contribution in [-0.4, -0.2) is 24.9 Å². The first-order chi connectivity index (χ1) is 10.2. The van der Waals surface area contributed by atoms with Gasteiger partial charge in [-0.25, -0.2) is 0 Å². The number of hydrogen-bond acceptors (Lipinski definition) is 4. The molecule has 0 radical (unpaired) electrons. The van der Waals surface area contributed by atoms with Gasteiger partial charge in [-0.1, -0.05) is 18.2 Å². The molecule has 0 unspecified atom stereocenters. The van der Waals surface area contributed by atoms with E-state index in [1.54, 1.807) is 29.5 Å². The van der Waals surface area contributed by atoms with Crippen LogP contribution in [0.5, 0.6) is 0 Å². The minimum absolute atomic E-state index is 0.0405. The van der Waals surface area contributed by atoms with Crippen molar-refractivity contribution in [1.29, 1.82) is 0 Å². The van der Waals surface area contributed by atoms with Crippen molar-refractivity contribution in [3.63, 3.8) is 0 Å². The van der Waals surface area contributed by atoms with Gasteiger partial charge >= 0.3 is 0 Å². The lowest BCUT2D eigenvalue weighted by Crippen LogP contribution is -2.35. The van der Waals surface area contributed by atoms with Crippen LogP contribution in [0.15, 0.2) is 46.7 Å². The molecule has 2 aromatic rings. The lowest BCUT2D eigenvalue weighted by atomic mass is 10.2. The summed E-state index contributed by atoms with van der Waals surface area (Å²) in [6.07, 6.45) is 0.380. The molecule has 2 rings (SSSR count). The van der Waals surface area contributed by atoms with Gasteiger partial charge in [-0.15, -0.1) is 24.0 Å². The monoisotopic (exact) mass is 320 g/mol. The lowest BCUT2D eigenvalue weighted by Gasteiger charge is -2.08. The third-order valence-corrected chi connectivity index (χ3v) is 4.06. The van der Waals surface area contributed by atoms with Crippen molar-refractivity contribution in [1.82, 2.24) is 10.6 Å². The van der Waals surface area contributed by atoms with E-state index in [2.05, 4.69) is 23.3 Å². The molecule has 0 aliphatic heterocycles. The second-order valence-electron chi connectivity index (χ2n) is 4.38. The predicted molar refractivity (Wildman–Crippen MR) is 87.1 cm³/mol. The van der Waals surface area contributed by atoms with Crippen LogP contribution in [0, 0.1) is 0 Å². The van der Waals surface area contributed by atoms with Gasteiger partial charge in [0.2, 0.25) is 5.91 Å². The molecular weight excluding hydrogens is 304 g/mol. The molecule has 1 aromatic carbocycles. The minimum Gasteiger partial charge on any atom is -0.354 e. The van der Waals surface area contributed by atoms with Gasteiger partial charge in [-0.3, -0.25) is 9.59 Å². The van der Waals surface area contributed by atoms with Crippen LogP contribution in [0.25, 0.3) is 0 Å². The SMILES string of the molecule is O=C(Cc1cccs1)NCCNC(=O)c1ccccc1S. The first kappa shape index (κ1) is 15.6. The smallest absolute Gasteiger partial charge is 0.252 e. The van der Waals surface area contributed by atoms with Crippen molar-refractivity contribution in [2.45, 2.75) is 11.3 Å². The topological polar surface area (TPSA) is 58.2 Å². The van der Waals surface area contributed by atoms with Crippen LogP contribution in [0.2, 0.25) is 0 Å². The minimum atomic E-state index is -0.187. The van der Waals surface area contributed by atoms with Crippen molar-refractivity contribution in [3.8, 4) is 0 Å². The molecule has 4 nitrogen and oxygen atoms in total. The Balaban J connectivity index is 1.69. The summed E-state index contributed by atoms with van der Waals surface area (Å²) in [7, 11) is 0. The lowest BCUT2D eigenvalue weighted by molar-refractivity contribution is -0.120. The molecule has 21 heavy (non-hydrogen) atoms. The van der Waals surface area contributed by atoms with E-state index in [0.717, 1.165) is 4.88 Å². The molecule has 0 saturated carbocycles. The predicted octanol–water partition coefficient (Wildman–Crippen LogP) is 2.13. The highest BCUT2D eigenvalue weighted by Crippen LogP contribution is 2.12. The zero-order valence-electron chi connectivity index (χ0n) is 11.3. The van der Waals surface area contributed by atoms with E-state index in [4.69, 9.17) is 0 Å². The fraction of sp³-hybridized carbons (Fsp3) is 0.200. The van der Waals surface area contributed by atoms with Gasteiger partial charge in [0.25, 0.3) is 5.91 Å². The Morgan fingerprint density at radius 1 is 1.05 bits per heavy atom. The number of rotatable bonds is 6. The first-order valence-corrected chi connectivity index (χ1v) is 7.85. The molecule has 1 heterocycles. The Morgan fingerprint density at radius 3 is 2.52 bits per heavy atom. The Morgan fingerprint density at radius 2 is 1.81 bits per heavy atom. The molecule has 0 bridgehead atoms. The third-order valence-electron chi connectivity index (χ3n) is 2.80. The summed E-state index contributed by atoms with van der Waals surface area (Å²) in [6, 6.07) is 10.9. The Bertz CT molecular complexity index is 612. The van der Waals surface area contributed by atoms with Crippen molar-refractivity contribution in [2.75, 3.05) is 13.1 Å². The van der Waals surface area contributed by atoms with Crippen molar-refractivity contribution >= 4 is 35.8 Å². The van der Waals surface area contributed by atoms with Gasteiger partial charge in [-0.2, -0.15) is 0 Å². The van der Waals surface area contributed by atoms with Crippen LogP contribution in [0.4, 0.5) is 0 Å². The summed E-state index contributed by atoms with van der Waals surface area (Å²) in [5, 5.41) is 7.47. The molecule has 0 atom stereocenters. The standard InChI is InChI=1S/C15H16N2O2S2/c18-14(10-11-4-3-9-21-11)16-7-8-17-15(19)12-5-1-2-6-13(12)20/h1-6,9,20H,7-8,10H2,(H,16,18)(H,17,19). The van der Waals surface area contributed by atoms with E-state index in [1.165, 1.54) is 0 Å². The number of thiophene rings is 1. The highest BCUT2D eigenvalue weighted by Gasteiger charge is 2.08. The second-order valence-corrected chi connectivity index (χ2v) is 5.89. The molecular formula is C15H16N2O2S2. The molecule has 6 heteroatoms. The molecule has 2 N–H and O–H groups in total. The largest absolute Gasteiger partial charge is 0.354 e. The molecule has 1 aromatic heterocycles. The Hall–Kier alpha value is -1.79. The third kappa shape index (κ3) is 4.91.